The lowest BCUT2D eigenvalue weighted by molar-refractivity contribution is -0.120. The van der Waals surface area contributed by atoms with E-state index in [0.29, 0.717) is 28.7 Å². The van der Waals surface area contributed by atoms with E-state index in [-0.39, 0.29) is 12.5 Å². The van der Waals surface area contributed by atoms with Crippen LogP contribution in [0.2, 0.25) is 5.02 Å². The number of carbonyl (C=O) groups is 1. The Morgan fingerprint density at radius 2 is 2.00 bits per heavy atom. The highest BCUT2D eigenvalue weighted by Crippen LogP contribution is 2.27. The van der Waals surface area contributed by atoms with Gasteiger partial charge in [-0.1, -0.05) is 47.1 Å². The molecule has 0 radical (unpaired) electrons. The van der Waals surface area contributed by atoms with Crippen LogP contribution in [-0.2, 0) is 16.1 Å². The maximum absolute atomic E-state index is 11.8. The third-order valence-electron chi connectivity index (χ3n) is 3.04. The van der Waals surface area contributed by atoms with Gasteiger partial charge in [0.05, 0.1) is 12.1 Å². The minimum atomic E-state index is -0.368. The third-order valence-corrected chi connectivity index (χ3v) is 3.34. The number of carbonyl (C=O) groups excluding carboxylic acids is 1. The number of methoxy groups -OCH3 is 1. The average molecular weight is 348 g/mol. The maximum Gasteiger partial charge on any atom is 0.265 e. The molecule has 0 spiro atoms. The van der Waals surface area contributed by atoms with Gasteiger partial charge in [-0.3, -0.25) is 4.79 Å². The molecule has 0 saturated carbocycles. The van der Waals surface area contributed by atoms with Crippen LogP contribution in [0.15, 0.2) is 53.7 Å². The molecule has 24 heavy (non-hydrogen) atoms. The summed E-state index contributed by atoms with van der Waals surface area (Å²) in [7, 11) is 1.52. The number of ether oxygens (including phenoxy) is 1. The van der Waals surface area contributed by atoms with Crippen LogP contribution >= 0.6 is 11.6 Å². The molecular formula is C17H18ClN3O3. The molecule has 0 saturated heterocycles. The average Bonchev–Trinajstić information content (AvgIpc) is 2.56. The number of hydrogen-bond donors (Lipinski definition) is 2. The first-order valence-corrected chi connectivity index (χ1v) is 7.58. The lowest BCUT2D eigenvalue weighted by Gasteiger charge is -2.07. The van der Waals surface area contributed by atoms with Gasteiger partial charge in [0, 0.05) is 12.1 Å². The zero-order valence-corrected chi connectivity index (χ0v) is 13.9. The minimum absolute atomic E-state index is 0.251. The Hall–Kier alpha value is -2.73. The predicted molar refractivity (Wildman–Crippen MR) is 94.4 cm³/mol. The second kappa shape index (κ2) is 8.79. The number of rotatable bonds is 7. The summed E-state index contributed by atoms with van der Waals surface area (Å²) in [5.74, 6) is 0.457. The standard InChI is InChI=1S/C17H18ClN3O3/c1-23-15-8-7-13(10-14(15)18)20-17(22)11-24-21-16(19)9-12-5-3-2-4-6-12/h2-8,10H,9,11H2,1H3,(H2,19,21)(H,20,22). The van der Waals surface area contributed by atoms with Crippen molar-refractivity contribution < 1.29 is 14.4 Å². The summed E-state index contributed by atoms with van der Waals surface area (Å²) in [4.78, 5) is 16.8. The normalized spacial score (nSPS) is 11.0. The van der Waals surface area contributed by atoms with Crippen molar-refractivity contribution in [3.05, 3.63) is 59.1 Å². The van der Waals surface area contributed by atoms with Gasteiger partial charge in [0.25, 0.3) is 5.91 Å². The first-order valence-electron chi connectivity index (χ1n) is 7.20. The van der Waals surface area contributed by atoms with Crippen molar-refractivity contribution in [1.29, 1.82) is 0 Å². The predicted octanol–water partition coefficient (Wildman–Crippen LogP) is 2.82. The molecule has 2 rings (SSSR count). The summed E-state index contributed by atoms with van der Waals surface area (Å²) in [5, 5.41) is 6.78. The van der Waals surface area contributed by atoms with Crippen LogP contribution in [0.4, 0.5) is 5.69 Å². The van der Waals surface area contributed by atoms with E-state index in [4.69, 9.17) is 26.9 Å². The molecule has 6 nitrogen and oxygen atoms in total. The number of amides is 1. The summed E-state index contributed by atoms with van der Waals surface area (Å²) >= 11 is 5.99. The topological polar surface area (TPSA) is 85.9 Å². The zero-order chi connectivity index (χ0) is 17.4. The van der Waals surface area contributed by atoms with Crippen molar-refractivity contribution in [2.75, 3.05) is 19.0 Å². The molecular weight excluding hydrogens is 330 g/mol. The molecule has 0 bridgehead atoms. The highest BCUT2D eigenvalue weighted by molar-refractivity contribution is 6.32. The fourth-order valence-corrected chi connectivity index (χ4v) is 2.21. The number of hydrogen-bond acceptors (Lipinski definition) is 4. The molecule has 7 heteroatoms. The fourth-order valence-electron chi connectivity index (χ4n) is 1.95. The number of halogens is 1. The van der Waals surface area contributed by atoms with Crippen molar-refractivity contribution >= 4 is 29.0 Å². The molecule has 0 fully saturated rings. The number of anilines is 1. The molecule has 2 aromatic carbocycles. The van der Waals surface area contributed by atoms with Gasteiger partial charge in [0.1, 0.15) is 11.6 Å². The highest BCUT2D eigenvalue weighted by atomic mass is 35.5. The number of amidine groups is 1. The Balaban J connectivity index is 1.80. The molecule has 0 unspecified atom stereocenters. The lowest BCUT2D eigenvalue weighted by Crippen LogP contribution is -2.20. The SMILES string of the molecule is COc1ccc(NC(=O)CO/N=C(/N)Cc2ccccc2)cc1Cl. The molecule has 2 aromatic rings. The van der Waals surface area contributed by atoms with Gasteiger partial charge in [-0.15, -0.1) is 0 Å². The van der Waals surface area contributed by atoms with Crippen LogP contribution in [0, 0.1) is 0 Å². The first kappa shape index (κ1) is 17.6. The van der Waals surface area contributed by atoms with Crippen LogP contribution in [0.3, 0.4) is 0 Å². The van der Waals surface area contributed by atoms with E-state index in [1.807, 2.05) is 30.3 Å². The van der Waals surface area contributed by atoms with Gasteiger partial charge in [-0.05, 0) is 23.8 Å². The molecule has 0 heterocycles. The Kier molecular flexibility index (Phi) is 6.45. The van der Waals surface area contributed by atoms with E-state index >= 15 is 0 Å². The van der Waals surface area contributed by atoms with Gasteiger partial charge in [0.15, 0.2) is 6.61 Å². The van der Waals surface area contributed by atoms with E-state index < -0.39 is 0 Å². The molecule has 3 N–H and O–H groups in total. The summed E-state index contributed by atoms with van der Waals surface area (Å²) < 4.78 is 5.04. The summed E-state index contributed by atoms with van der Waals surface area (Å²) in [6.07, 6.45) is 0.455. The Morgan fingerprint density at radius 3 is 2.67 bits per heavy atom. The van der Waals surface area contributed by atoms with Gasteiger partial charge in [-0.2, -0.15) is 0 Å². The first-order chi connectivity index (χ1) is 11.6. The van der Waals surface area contributed by atoms with Gasteiger partial charge < -0.3 is 20.6 Å². The van der Waals surface area contributed by atoms with Crippen LogP contribution in [-0.4, -0.2) is 25.5 Å². The van der Waals surface area contributed by atoms with E-state index in [9.17, 15) is 4.79 Å². The molecule has 0 aliphatic heterocycles. The molecule has 1 amide bonds. The second-order valence-electron chi connectivity index (χ2n) is 4.92. The van der Waals surface area contributed by atoms with Crippen molar-refractivity contribution in [3.8, 4) is 5.75 Å². The molecule has 0 atom stereocenters. The number of nitrogens with zero attached hydrogens (tertiary/aromatic N) is 1. The molecule has 0 aliphatic carbocycles. The highest BCUT2D eigenvalue weighted by Gasteiger charge is 2.06. The van der Waals surface area contributed by atoms with Crippen LogP contribution < -0.4 is 15.8 Å². The van der Waals surface area contributed by atoms with Crippen LogP contribution in [0.5, 0.6) is 5.75 Å². The zero-order valence-electron chi connectivity index (χ0n) is 13.2. The monoisotopic (exact) mass is 347 g/mol. The van der Waals surface area contributed by atoms with Crippen LogP contribution in [0.25, 0.3) is 0 Å². The number of nitrogens with one attached hydrogen (secondary N) is 1. The smallest absolute Gasteiger partial charge is 0.265 e. The maximum atomic E-state index is 11.8. The summed E-state index contributed by atoms with van der Waals surface area (Å²) in [6.45, 7) is -0.251. The molecule has 126 valence electrons. The number of oxime groups is 1. The van der Waals surface area contributed by atoms with Crippen molar-refractivity contribution in [1.82, 2.24) is 0 Å². The Morgan fingerprint density at radius 1 is 1.25 bits per heavy atom. The summed E-state index contributed by atoms with van der Waals surface area (Å²) in [5.41, 5.74) is 7.31. The lowest BCUT2D eigenvalue weighted by atomic mass is 10.1. The Bertz CT molecular complexity index is 720. The van der Waals surface area contributed by atoms with E-state index in [1.165, 1.54) is 7.11 Å². The number of benzene rings is 2. The van der Waals surface area contributed by atoms with Gasteiger partial charge in [-0.25, -0.2) is 0 Å². The quantitative estimate of drug-likeness (QED) is 0.458. The van der Waals surface area contributed by atoms with Gasteiger partial charge >= 0.3 is 0 Å². The van der Waals surface area contributed by atoms with Crippen molar-refractivity contribution in [3.63, 3.8) is 0 Å². The Labute approximate surface area is 145 Å². The summed E-state index contributed by atoms with van der Waals surface area (Å²) in [6, 6.07) is 14.5. The largest absolute Gasteiger partial charge is 0.495 e. The molecule has 0 aliphatic rings. The van der Waals surface area contributed by atoms with E-state index in [1.54, 1.807) is 18.2 Å². The van der Waals surface area contributed by atoms with Crippen molar-refractivity contribution in [2.24, 2.45) is 10.9 Å². The third kappa shape index (κ3) is 5.48. The van der Waals surface area contributed by atoms with Crippen LogP contribution in [0.1, 0.15) is 5.56 Å². The van der Waals surface area contributed by atoms with E-state index in [2.05, 4.69) is 10.5 Å². The fraction of sp³-hybridized carbons (Fsp3) is 0.176. The molecule has 0 aromatic heterocycles. The number of nitrogens with two attached hydrogens (primary N) is 1. The van der Waals surface area contributed by atoms with Gasteiger partial charge in [0.2, 0.25) is 0 Å². The minimum Gasteiger partial charge on any atom is -0.495 e. The second-order valence-corrected chi connectivity index (χ2v) is 5.32. The van der Waals surface area contributed by atoms with Crippen molar-refractivity contribution in [2.45, 2.75) is 6.42 Å². The van der Waals surface area contributed by atoms with E-state index in [0.717, 1.165) is 5.56 Å².